The van der Waals surface area contributed by atoms with E-state index in [0.717, 1.165) is 12.8 Å². The lowest BCUT2D eigenvalue weighted by Gasteiger charge is -2.31. The second-order valence-corrected chi connectivity index (χ2v) is 5.64. The van der Waals surface area contributed by atoms with Crippen LogP contribution in [0.25, 0.3) is 0 Å². The van der Waals surface area contributed by atoms with Crippen LogP contribution in [0.4, 0.5) is 0 Å². The van der Waals surface area contributed by atoms with Crippen molar-refractivity contribution in [2.24, 2.45) is 11.8 Å². The highest BCUT2D eigenvalue weighted by molar-refractivity contribution is 5.94. The minimum Gasteiger partial charge on any atom is -0.508 e. The van der Waals surface area contributed by atoms with Crippen LogP contribution >= 0.6 is 0 Å². The molecule has 3 nitrogen and oxygen atoms in total. The minimum atomic E-state index is -0.0859. The average Bonchev–Trinajstić information content (AvgIpc) is 2.27. The van der Waals surface area contributed by atoms with E-state index < -0.39 is 0 Å². The van der Waals surface area contributed by atoms with Crippen molar-refractivity contribution in [3.05, 3.63) is 29.8 Å². The molecule has 0 saturated heterocycles. The predicted octanol–water partition coefficient (Wildman–Crippen LogP) is 2.95. The summed E-state index contributed by atoms with van der Waals surface area (Å²) in [6.45, 7) is 4.48. The van der Waals surface area contributed by atoms with E-state index in [1.165, 1.54) is 12.5 Å². The summed E-state index contributed by atoms with van der Waals surface area (Å²) in [5.41, 5.74) is 0.529. The lowest BCUT2D eigenvalue weighted by Crippen LogP contribution is -2.40. The zero-order chi connectivity index (χ0) is 13.1. The highest BCUT2D eigenvalue weighted by atomic mass is 16.3. The normalized spacial score (nSPS) is 27.8. The Hall–Kier alpha value is -1.51. The number of hydrogen-bond donors (Lipinski definition) is 2. The molecule has 1 saturated carbocycles. The number of carbonyl (C=O) groups is 1. The van der Waals surface area contributed by atoms with Crippen molar-refractivity contribution >= 4 is 5.91 Å². The molecule has 1 aliphatic rings. The molecule has 0 bridgehead atoms. The van der Waals surface area contributed by atoms with Crippen LogP contribution in [0.15, 0.2) is 24.3 Å². The third-order valence-corrected chi connectivity index (χ3v) is 3.62. The van der Waals surface area contributed by atoms with Crippen molar-refractivity contribution in [3.63, 3.8) is 0 Å². The maximum Gasteiger partial charge on any atom is 0.251 e. The summed E-state index contributed by atoms with van der Waals surface area (Å²) >= 11 is 0. The zero-order valence-electron chi connectivity index (χ0n) is 11.0. The van der Waals surface area contributed by atoms with Gasteiger partial charge in [-0.05, 0) is 49.3 Å². The van der Waals surface area contributed by atoms with E-state index in [0.29, 0.717) is 17.4 Å². The summed E-state index contributed by atoms with van der Waals surface area (Å²) in [6.07, 6.45) is 3.35. The van der Waals surface area contributed by atoms with E-state index >= 15 is 0 Å². The van der Waals surface area contributed by atoms with Crippen LogP contribution in [0.2, 0.25) is 0 Å². The highest BCUT2D eigenvalue weighted by Crippen LogP contribution is 2.28. The maximum absolute atomic E-state index is 12.1. The van der Waals surface area contributed by atoms with Crippen LogP contribution in [0.5, 0.6) is 5.75 Å². The molecule has 0 aliphatic heterocycles. The number of phenolic OH excluding ortho intramolecular Hbond substituents is 1. The molecule has 2 rings (SSSR count). The molecule has 98 valence electrons. The predicted molar refractivity (Wildman–Crippen MR) is 71.5 cm³/mol. The van der Waals surface area contributed by atoms with Gasteiger partial charge in [-0.3, -0.25) is 4.79 Å². The second-order valence-electron chi connectivity index (χ2n) is 5.64. The molecule has 2 N–H and O–H groups in total. The summed E-state index contributed by atoms with van der Waals surface area (Å²) in [5.74, 6) is 1.39. The number of amides is 1. The summed E-state index contributed by atoms with van der Waals surface area (Å²) in [7, 11) is 0. The quantitative estimate of drug-likeness (QED) is 0.844. The third kappa shape index (κ3) is 3.25. The van der Waals surface area contributed by atoms with E-state index in [1.807, 2.05) is 0 Å². The summed E-state index contributed by atoms with van der Waals surface area (Å²) < 4.78 is 0. The highest BCUT2D eigenvalue weighted by Gasteiger charge is 2.25. The van der Waals surface area contributed by atoms with Crippen molar-refractivity contribution in [1.82, 2.24) is 5.32 Å². The number of hydrogen-bond acceptors (Lipinski definition) is 2. The van der Waals surface area contributed by atoms with Crippen LogP contribution < -0.4 is 5.32 Å². The first-order chi connectivity index (χ1) is 8.54. The van der Waals surface area contributed by atoms with Gasteiger partial charge in [0.25, 0.3) is 5.91 Å². The lowest BCUT2D eigenvalue weighted by atomic mass is 9.80. The Labute approximate surface area is 108 Å². The fraction of sp³-hybridized carbons (Fsp3) is 0.533. The van der Waals surface area contributed by atoms with Crippen LogP contribution in [0, 0.1) is 11.8 Å². The van der Waals surface area contributed by atoms with Crippen molar-refractivity contribution < 1.29 is 9.90 Å². The molecule has 1 amide bonds. The standard InChI is InChI=1S/C15H21NO2/c1-10-6-11(2)8-13(7-10)16-15(18)12-4-3-5-14(17)9-12/h3-5,9-11,13,17H,6-8H2,1-2H3,(H,16,18). The van der Waals surface area contributed by atoms with Gasteiger partial charge in [-0.25, -0.2) is 0 Å². The number of phenols is 1. The largest absolute Gasteiger partial charge is 0.508 e. The molecule has 0 aromatic heterocycles. The number of carbonyl (C=O) groups excluding carboxylic acids is 1. The Balaban J connectivity index is 1.99. The van der Waals surface area contributed by atoms with Crippen molar-refractivity contribution in [3.8, 4) is 5.75 Å². The average molecular weight is 247 g/mol. The van der Waals surface area contributed by atoms with E-state index in [4.69, 9.17) is 0 Å². The van der Waals surface area contributed by atoms with Gasteiger partial charge in [-0.15, -0.1) is 0 Å². The van der Waals surface area contributed by atoms with Gasteiger partial charge in [0.2, 0.25) is 0 Å². The van der Waals surface area contributed by atoms with Gasteiger partial charge in [0.1, 0.15) is 5.75 Å². The van der Waals surface area contributed by atoms with E-state index in [1.54, 1.807) is 18.2 Å². The molecule has 2 atom stereocenters. The topological polar surface area (TPSA) is 49.3 Å². The monoisotopic (exact) mass is 247 g/mol. The van der Waals surface area contributed by atoms with Crippen molar-refractivity contribution in [1.29, 1.82) is 0 Å². The molecule has 2 unspecified atom stereocenters. The number of nitrogens with one attached hydrogen (secondary N) is 1. The van der Waals surface area contributed by atoms with Gasteiger partial charge < -0.3 is 10.4 Å². The third-order valence-electron chi connectivity index (χ3n) is 3.62. The van der Waals surface area contributed by atoms with Gasteiger partial charge in [0.15, 0.2) is 0 Å². The number of rotatable bonds is 2. The van der Waals surface area contributed by atoms with Crippen LogP contribution in [0.1, 0.15) is 43.5 Å². The van der Waals surface area contributed by atoms with Gasteiger partial charge in [0, 0.05) is 11.6 Å². The first-order valence-corrected chi connectivity index (χ1v) is 6.64. The Morgan fingerprint density at radius 3 is 2.50 bits per heavy atom. The minimum absolute atomic E-state index is 0.0859. The lowest BCUT2D eigenvalue weighted by molar-refractivity contribution is 0.0911. The Morgan fingerprint density at radius 2 is 1.89 bits per heavy atom. The molecule has 0 heterocycles. The number of aromatic hydroxyl groups is 1. The van der Waals surface area contributed by atoms with Crippen LogP contribution in [0.3, 0.4) is 0 Å². The van der Waals surface area contributed by atoms with Crippen molar-refractivity contribution in [2.45, 2.75) is 39.2 Å². The zero-order valence-corrected chi connectivity index (χ0v) is 11.0. The molecule has 1 aromatic rings. The van der Waals surface area contributed by atoms with Gasteiger partial charge in [0.05, 0.1) is 0 Å². The Bertz CT molecular complexity index is 420. The van der Waals surface area contributed by atoms with Crippen LogP contribution in [-0.2, 0) is 0 Å². The molecule has 0 radical (unpaired) electrons. The molecular formula is C15H21NO2. The van der Waals surface area contributed by atoms with E-state index in [9.17, 15) is 9.90 Å². The van der Waals surface area contributed by atoms with Gasteiger partial charge in [-0.2, -0.15) is 0 Å². The SMILES string of the molecule is CC1CC(C)CC(NC(=O)c2cccc(O)c2)C1. The molecule has 1 aliphatic carbocycles. The molecule has 3 heteroatoms. The van der Waals surface area contributed by atoms with E-state index in [2.05, 4.69) is 19.2 Å². The Kier molecular flexibility index (Phi) is 3.90. The first kappa shape index (κ1) is 12.9. The Morgan fingerprint density at radius 1 is 1.22 bits per heavy atom. The molecule has 18 heavy (non-hydrogen) atoms. The molecular weight excluding hydrogens is 226 g/mol. The fourth-order valence-corrected chi connectivity index (χ4v) is 2.98. The molecule has 0 spiro atoms. The second kappa shape index (κ2) is 5.42. The maximum atomic E-state index is 12.1. The molecule has 1 aromatic carbocycles. The summed E-state index contributed by atoms with van der Waals surface area (Å²) in [5, 5.41) is 12.4. The number of benzene rings is 1. The molecule has 1 fully saturated rings. The van der Waals surface area contributed by atoms with E-state index in [-0.39, 0.29) is 17.7 Å². The van der Waals surface area contributed by atoms with Crippen LogP contribution in [-0.4, -0.2) is 17.1 Å². The fourth-order valence-electron chi connectivity index (χ4n) is 2.98. The van der Waals surface area contributed by atoms with Gasteiger partial charge in [-0.1, -0.05) is 19.9 Å². The summed E-state index contributed by atoms with van der Waals surface area (Å²) in [4.78, 5) is 12.1. The first-order valence-electron chi connectivity index (χ1n) is 6.64. The van der Waals surface area contributed by atoms with Crippen molar-refractivity contribution in [2.75, 3.05) is 0 Å². The summed E-state index contributed by atoms with van der Waals surface area (Å²) in [6, 6.07) is 6.76. The smallest absolute Gasteiger partial charge is 0.251 e. The van der Waals surface area contributed by atoms with Gasteiger partial charge >= 0.3 is 0 Å².